The van der Waals surface area contributed by atoms with Crippen molar-refractivity contribution in [1.29, 1.82) is 0 Å². The molecule has 1 aliphatic carbocycles. The number of carbonyl (C=O) groups excluding carboxylic acids is 1. The van der Waals surface area contributed by atoms with Crippen LogP contribution in [0.15, 0.2) is 42.6 Å². The number of nitrogens with zero attached hydrogens (tertiary/aromatic N) is 2. The van der Waals surface area contributed by atoms with Gasteiger partial charge in [0.25, 0.3) is 0 Å². The second-order valence-corrected chi connectivity index (χ2v) is 7.46. The van der Waals surface area contributed by atoms with Gasteiger partial charge in [0.2, 0.25) is 5.91 Å². The van der Waals surface area contributed by atoms with Crippen LogP contribution in [0.4, 0.5) is 10.2 Å². The maximum absolute atomic E-state index is 14.4. The Kier molecular flexibility index (Phi) is 4.92. The summed E-state index contributed by atoms with van der Waals surface area (Å²) in [6, 6.07) is 10.4. The van der Waals surface area contributed by atoms with Crippen LogP contribution in [0.1, 0.15) is 44.1 Å². The Bertz CT molecular complexity index is 973. The molecule has 0 atom stereocenters. The number of carbonyl (C=O) groups is 1. The van der Waals surface area contributed by atoms with Crippen LogP contribution in [0.25, 0.3) is 16.9 Å². The van der Waals surface area contributed by atoms with E-state index in [-0.39, 0.29) is 11.7 Å². The fourth-order valence-corrected chi connectivity index (χ4v) is 3.94. The number of imidazole rings is 1. The molecule has 0 aliphatic heterocycles. The Hall–Kier alpha value is -2.69. The van der Waals surface area contributed by atoms with Gasteiger partial charge in [-0.25, -0.2) is 9.37 Å². The summed E-state index contributed by atoms with van der Waals surface area (Å²) in [5.74, 6) is 0.809. The first-order chi connectivity index (χ1) is 13.1. The molecule has 0 radical (unpaired) electrons. The van der Waals surface area contributed by atoms with Gasteiger partial charge in [-0.3, -0.25) is 9.20 Å². The zero-order valence-electron chi connectivity index (χ0n) is 15.5. The lowest BCUT2D eigenvalue weighted by Crippen LogP contribution is -2.15. The number of nitrogens with one attached hydrogen (secondary N) is 1. The van der Waals surface area contributed by atoms with Gasteiger partial charge in [0.1, 0.15) is 23.0 Å². The number of pyridine rings is 1. The number of aromatic nitrogens is 2. The molecule has 5 heteroatoms. The van der Waals surface area contributed by atoms with Crippen molar-refractivity contribution in [1.82, 2.24) is 9.38 Å². The SMILES string of the molecule is Cc1ccc2nc(-c3ccccc3F)c(NC(=O)CCC3CCCC3)n2c1. The van der Waals surface area contributed by atoms with Crippen molar-refractivity contribution in [3.05, 3.63) is 54.0 Å². The number of benzene rings is 1. The number of halogens is 1. The molecule has 1 aromatic carbocycles. The van der Waals surface area contributed by atoms with E-state index in [1.807, 2.05) is 29.7 Å². The number of anilines is 1. The first-order valence-electron chi connectivity index (χ1n) is 9.65. The third-order valence-electron chi connectivity index (χ3n) is 5.41. The second kappa shape index (κ2) is 7.51. The topological polar surface area (TPSA) is 46.4 Å². The molecule has 0 bridgehead atoms. The Morgan fingerprint density at radius 1 is 1.22 bits per heavy atom. The van der Waals surface area contributed by atoms with Gasteiger partial charge in [0.15, 0.2) is 0 Å². The largest absolute Gasteiger partial charge is 0.310 e. The molecule has 140 valence electrons. The smallest absolute Gasteiger partial charge is 0.225 e. The molecule has 1 saturated carbocycles. The second-order valence-electron chi connectivity index (χ2n) is 7.46. The number of fused-ring (bicyclic) bond motifs is 1. The van der Waals surface area contributed by atoms with Crippen LogP contribution in [0.3, 0.4) is 0 Å². The molecule has 2 aromatic heterocycles. The molecule has 2 heterocycles. The predicted octanol–water partition coefficient (Wildman–Crippen LogP) is 5.36. The highest BCUT2D eigenvalue weighted by atomic mass is 19.1. The van der Waals surface area contributed by atoms with E-state index in [9.17, 15) is 9.18 Å². The molecule has 1 fully saturated rings. The van der Waals surface area contributed by atoms with Crippen LogP contribution in [-0.2, 0) is 4.79 Å². The number of amides is 1. The summed E-state index contributed by atoms with van der Waals surface area (Å²) in [6.45, 7) is 1.98. The maximum Gasteiger partial charge on any atom is 0.225 e. The Labute approximate surface area is 158 Å². The third kappa shape index (κ3) is 3.72. The lowest BCUT2D eigenvalue weighted by molar-refractivity contribution is -0.116. The van der Waals surface area contributed by atoms with Crippen LogP contribution in [0.2, 0.25) is 0 Å². The van der Waals surface area contributed by atoms with Gasteiger partial charge in [0.05, 0.1) is 0 Å². The minimum Gasteiger partial charge on any atom is -0.310 e. The van der Waals surface area contributed by atoms with Crippen LogP contribution in [0.5, 0.6) is 0 Å². The molecule has 1 aliphatic rings. The third-order valence-corrected chi connectivity index (χ3v) is 5.41. The van der Waals surface area contributed by atoms with E-state index in [4.69, 9.17) is 0 Å². The van der Waals surface area contributed by atoms with Crippen molar-refractivity contribution in [2.24, 2.45) is 5.92 Å². The summed E-state index contributed by atoms with van der Waals surface area (Å²) in [5, 5.41) is 3.01. The number of aryl methyl sites for hydroxylation is 1. The Morgan fingerprint density at radius 2 is 2.00 bits per heavy atom. The first kappa shape index (κ1) is 17.7. The lowest BCUT2D eigenvalue weighted by atomic mass is 10.0. The van der Waals surface area contributed by atoms with Crippen molar-refractivity contribution in [2.45, 2.75) is 45.4 Å². The predicted molar refractivity (Wildman–Crippen MR) is 105 cm³/mol. The van der Waals surface area contributed by atoms with Gasteiger partial charge in [-0.1, -0.05) is 43.9 Å². The highest BCUT2D eigenvalue weighted by Gasteiger charge is 2.20. The summed E-state index contributed by atoms with van der Waals surface area (Å²) in [7, 11) is 0. The number of rotatable bonds is 5. The van der Waals surface area contributed by atoms with Gasteiger partial charge >= 0.3 is 0 Å². The molecule has 1 N–H and O–H groups in total. The summed E-state index contributed by atoms with van der Waals surface area (Å²) >= 11 is 0. The molecule has 1 amide bonds. The summed E-state index contributed by atoms with van der Waals surface area (Å²) < 4.78 is 16.2. The van der Waals surface area contributed by atoms with E-state index < -0.39 is 0 Å². The summed E-state index contributed by atoms with van der Waals surface area (Å²) in [4.78, 5) is 17.2. The van der Waals surface area contributed by atoms with Gasteiger partial charge in [-0.05, 0) is 43.0 Å². The van der Waals surface area contributed by atoms with Crippen molar-refractivity contribution in [3.8, 4) is 11.3 Å². The minimum atomic E-state index is -0.348. The Morgan fingerprint density at radius 3 is 2.78 bits per heavy atom. The van der Waals surface area contributed by atoms with E-state index >= 15 is 0 Å². The fourth-order valence-electron chi connectivity index (χ4n) is 3.94. The van der Waals surface area contributed by atoms with E-state index in [1.165, 1.54) is 31.7 Å². The number of hydrogen-bond donors (Lipinski definition) is 1. The van der Waals surface area contributed by atoms with Crippen LogP contribution in [-0.4, -0.2) is 15.3 Å². The highest BCUT2D eigenvalue weighted by molar-refractivity contribution is 5.94. The van der Waals surface area contributed by atoms with E-state index in [0.29, 0.717) is 35.1 Å². The molecule has 0 unspecified atom stereocenters. The van der Waals surface area contributed by atoms with E-state index in [1.54, 1.807) is 18.2 Å². The van der Waals surface area contributed by atoms with Gasteiger partial charge in [0, 0.05) is 18.2 Å². The maximum atomic E-state index is 14.4. The van der Waals surface area contributed by atoms with Crippen molar-refractivity contribution < 1.29 is 9.18 Å². The molecule has 4 nitrogen and oxygen atoms in total. The average Bonchev–Trinajstić information content (AvgIpc) is 3.29. The van der Waals surface area contributed by atoms with Crippen molar-refractivity contribution >= 4 is 17.4 Å². The fraction of sp³-hybridized carbons (Fsp3) is 0.364. The Balaban J connectivity index is 1.66. The molecular weight excluding hydrogens is 341 g/mol. The van der Waals surface area contributed by atoms with E-state index in [2.05, 4.69) is 10.3 Å². The van der Waals surface area contributed by atoms with E-state index in [0.717, 1.165) is 12.0 Å². The van der Waals surface area contributed by atoms with Crippen LogP contribution in [0, 0.1) is 18.7 Å². The number of hydrogen-bond acceptors (Lipinski definition) is 2. The minimum absolute atomic E-state index is 0.0391. The highest BCUT2D eigenvalue weighted by Crippen LogP contribution is 2.32. The molecular formula is C22H24FN3O. The zero-order chi connectivity index (χ0) is 18.8. The summed E-state index contributed by atoms with van der Waals surface area (Å²) in [5.41, 5.74) is 2.59. The normalized spacial score (nSPS) is 14.7. The molecule has 0 spiro atoms. The molecule has 3 aromatic rings. The van der Waals surface area contributed by atoms with Crippen LogP contribution < -0.4 is 5.32 Å². The van der Waals surface area contributed by atoms with Gasteiger partial charge < -0.3 is 5.32 Å². The molecule has 0 saturated heterocycles. The van der Waals surface area contributed by atoms with Crippen molar-refractivity contribution in [3.63, 3.8) is 0 Å². The van der Waals surface area contributed by atoms with Crippen molar-refractivity contribution in [2.75, 3.05) is 5.32 Å². The van der Waals surface area contributed by atoms with Crippen LogP contribution >= 0.6 is 0 Å². The molecule has 27 heavy (non-hydrogen) atoms. The summed E-state index contributed by atoms with van der Waals surface area (Å²) in [6.07, 6.45) is 8.31. The average molecular weight is 365 g/mol. The molecule has 4 rings (SSSR count). The quantitative estimate of drug-likeness (QED) is 0.662. The van der Waals surface area contributed by atoms with Gasteiger partial charge in [-0.15, -0.1) is 0 Å². The first-order valence-corrected chi connectivity index (χ1v) is 9.65. The zero-order valence-corrected chi connectivity index (χ0v) is 15.5. The van der Waals surface area contributed by atoms with Gasteiger partial charge in [-0.2, -0.15) is 0 Å². The lowest BCUT2D eigenvalue weighted by Gasteiger charge is -2.11. The standard InChI is InChI=1S/C22H24FN3O/c1-15-10-12-19-24-21(17-8-4-5-9-18(17)23)22(26(19)14-15)25-20(27)13-11-16-6-2-3-7-16/h4-5,8-10,12,14,16H,2-3,6-7,11,13H2,1H3,(H,25,27). The monoisotopic (exact) mass is 365 g/mol.